The van der Waals surface area contributed by atoms with Gasteiger partial charge in [-0.1, -0.05) is 12.1 Å². The second-order valence-electron chi connectivity index (χ2n) is 6.72. The number of hydrogen-bond donors (Lipinski definition) is 0. The van der Waals surface area contributed by atoms with Crippen molar-refractivity contribution in [1.29, 1.82) is 0 Å². The monoisotopic (exact) mass is 409 g/mol. The van der Waals surface area contributed by atoms with Crippen LogP contribution in [0.15, 0.2) is 42.5 Å². The van der Waals surface area contributed by atoms with Crippen molar-refractivity contribution >= 4 is 5.91 Å². The van der Waals surface area contributed by atoms with Crippen molar-refractivity contribution in [3.63, 3.8) is 0 Å². The third kappa shape index (κ3) is 5.13. The first-order valence-electron chi connectivity index (χ1n) is 9.17. The first-order chi connectivity index (χ1) is 13.8. The molecule has 0 radical (unpaired) electrons. The molecule has 0 spiro atoms. The summed E-state index contributed by atoms with van der Waals surface area (Å²) in [5.74, 6) is 0.959. The minimum absolute atomic E-state index is 0.0923. The number of methoxy groups -OCH3 is 2. The molecule has 5 nitrogen and oxygen atoms in total. The van der Waals surface area contributed by atoms with E-state index in [1.54, 1.807) is 25.2 Å². The van der Waals surface area contributed by atoms with Crippen molar-refractivity contribution in [2.24, 2.45) is 0 Å². The second kappa shape index (κ2) is 8.63. The zero-order valence-electron chi connectivity index (χ0n) is 16.2. The number of carbonyl (C=O) groups is 1. The van der Waals surface area contributed by atoms with Gasteiger partial charge in [0.05, 0.1) is 26.7 Å². The van der Waals surface area contributed by atoms with E-state index < -0.39 is 6.36 Å². The minimum atomic E-state index is -4.74. The lowest BCUT2D eigenvalue weighted by atomic mass is 10.0. The fourth-order valence-corrected chi connectivity index (χ4v) is 3.57. The van der Waals surface area contributed by atoms with Gasteiger partial charge in [-0.05, 0) is 48.7 Å². The number of halogens is 3. The van der Waals surface area contributed by atoms with Gasteiger partial charge in [0.2, 0.25) is 5.91 Å². The van der Waals surface area contributed by atoms with Gasteiger partial charge in [0.1, 0.15) is 17.2 Å². The molecule has 8 heteroatoms. The summed E-state index contributed by atoms with van der Waals surface area (Å²) < 4.78 is 51.4. The first-order valence-corrected chi connectivity index (χ1v) is 9.17. The number of benzene rings is 2. The highest BCUT2D eigenvalue weighted by Gasteiger charge is 2.33. The molecule has 2 aromatic rings. The predicted octanol–water partition coefficient (Wildman–Crippen LogP) is 4.51. The highest BCUT2D eigenvalue weighted by Crippen LogP contribution is 2.39. The summed E-state index contributed by atoms with van der Waals surface area (Å²) in [5.41, 5.74) is 1.50. The van der Waals surface area contributed by atoms with Gasteiger partial charge >= 0.3 is 6.36 Å². The van der Waals surface area contributed by atoms with Gasteiger partial charge in [-0.2, -0.15) is 0 Å². The van der Waals surface area contributed by atoms with Crippen LogP contribution < -0.4 is 14.2 Å². The maximum Gasteiger partial charge on any atom is 0.573 e. The van der Waals surface area contributed by atoms with Crippen LogP contribution in [0.1, 0.15) is 30.0 Å². The van der Waals surface area contributed by atoms with Gasteiger partial charge < -0.3 is 19.1 Å². The Morgan fingerprint density at radius 1 is 1.07 bits per heavy atom. The van der Waals surface area contributed by atoms with Gasteiger partial charge in [-0.15, -0.1) is 13.2 Å². The number of hydrogen-bond acceptors (Lipinski definition) is 4. The Bertz CT molecular complexity index is 852. The Labute approximate surface area is 167 Å². The number of amides is 1. The molecule has 0 saturated carbocycles. The predicted molar refractivity (Wildman–Crippen MR) is 100 cm³/mol. The summed E-state index contributed by atoms with van der Waals surface area (Å²) in [4.78, 5) is 14.7. The molecule has 1 saturated heterocycles. The number of nitrogens with zero attached hydrogens (tertiary/aromatic N) is 1. The molecule has 1 heterocycles. The molecule has 3 rings (SSSR count). The SMILES string of the molecule is COc1ccc(OC)c(C2CCCN2C(=O)Cc2ccc(OC(F)(F)F)cc2)c1. The summed E-state index contributed by atoms with van der Waals surface area (Å²) >= 11 is 0. The maximum atomic E-state index is 12.9. The topological polar surface area (TPSA) is 48.0 Å². The minimum Gasteiger partial charge on any atom is -0.497 e. The summed E-state index contributed by atoms with van der Waals surface area (Å²) in [5, 5.41) is 0. The standard InChI is InChI=1S/C21H22F3NO4/c1-27-16-9-10-19(28-2)17(13-16)18-4-3-11-25(18)20(26)12-14-5-7-15(8-6-14)29-21(22,23)24/h5-10,13,18H,3-4,11-12H2,1-2H3. The molecule has 1 unspecified atom stereocenters. The van der Waals surface area contributed by atoms with Crippen LogP contribution in [0.2, 0.25) is 0 Å². The van der Waals surface area contributed by atoms with Crippen molar-refractivity contribution in [2.45, 2.75) is 31.7 Å². The summed E-state index contributed by atoms with van der Waals surface area (Å²) in [6.45, 7) is 0.610. The second-order valence-corrected chi connectivity index (χ2v) is 6.72. The van der Waals surface area contributed by atoms with Crippen molar-refractivity contribution in [3.8, 4) is 17.2 Å². The molecule has 2 aromatic carbocycles. The van der Waals surface area contributed by atoms with Gasteiger partial charge in [0.25, 0.3) is 0 Å². The van der Waals surface area contributed by atoms with Crippen LogP contribution in [0.25, 0.3) is 0 Å². The molecule has 1 aliphatic rings. The third-order valence-electron chi connectivity index (χ3n) is 4.88. The Hall–Kier alpha value is -2.90. The van der Waals surface area contributed by atoms with Gasteiger partial charge in [-0.25, -0.2) is 0 Å². The average molecular weight is 409 g/mol. The molecular weight excluding hydrogens is 387 g/mol. The smallest absolute Gasteiger partial charge is 0.497 e. The summed E-state index contributed by atoms with van der Waals surface area (Å²) in [7, 11) is 3.16. The van der Waals surface area contributed by atoms with E-state index in [9.17, 15) is 18.0 Å². The number of alkyl halides is 3. The van der Waals surface area contributed by atoms with E-state index in [4.69, 9.17) is 9.47 Å². The van der Waals surface area contributed by atoms with Gasteiger partial charge in [0, 0.05) is 12.1 Å². The number of rotatable bonds is 6. The number of carbonyl (C=O) groups excluding carboxylic acids is 1. The van der Waals surface area contributed by atoms with E-state index >= 15 is 0 Å². The highest BCUT2D eigenvalue weighted by atomic mass is 19.4. The van der Waals surface area contributed by atoms with Crippen LogP contribution in [0.4, 0.5) is 13.2 Å². The van der Waals surface area contributed by atoms with Crippen LogP contribution in [-0.4, -0.2) is 37.9 Å². The zero-order valence-corrected chi connectivity index (χ0v) is 16.2. The molecule has 156 valence electrons. The van der Waals surface area contributed by atoms with Crippen LogP contribution in [-0.2, 0) is 11.2 Å². The van der Waals surface area contributed by atoms with E-state index in [1.807, 2.05) is 12.1 Å². The van der Waals surface area contributed by atoms with Gasteiger partial charge in [0.15, 0.2) is 0 Å². The van der Waals surface area contributed by atoms with Crippen LogP contribution >= 0.6 is 0 Å². The van der Waals surface area contributed by atoms with E-state index in [0.29, 0.717) is 23.6 Å². The highest BCUT2D eigenvalue weighted by molar-refractivity contribution is 5.79. The van der Waals surface area contributed by atoms with Crippen LogP contribution in [0.3, 0.4) is 0 Å². The fourth-order valence-electron chi connectivity index (χ4n) is 3.57. The summed E-state index contributed by atoms with van der Waals surface area (Å²) in [6.07, 6.45) is -2.99. The molecule has 1 amide bonds. The summed E-state index contributed by atoms with van der Waals surface area (Å²) in [6, 6.07) is 10.7. The number of ether oxygens (including phenoxy) is 3. The molecule has 29 heavy (non-hydrogen) atoms. The van der Waals surface area contributed by atoms with E-state index in [-0.39, 0.29) is 24.1 Å². The average Bonchev–Trinajstić information content (AvgIpc) is 3.17. The Morgan fingerprint density at radius 2 is 1.76 bits per heavy atom. The normalized spacial score (nSPS) is 16.6. The van der Waals surface area contributed by atoms with Crippen molar-refractivity contribution < 1.29 is 32.2 Å². The van der Waals surface area contributed by atoms with Crippen LogP contribution in [0, 0.1) is 0 Å². The lowest BCUT2D eigenvalue weighted by molar-refractivity contribution is -0.274. The first kappa shape index (κ1) is 20.8. The largest absolute Gasteiger partial charge is 0.573 e. The zero-order chi connectivity index (χ0) is 21.0. The lowest BCUT2D eigenvalue weighted by Gasteiger charge is -2.27. The molecule has 0 aliphatic carbocycles. The van der Waals surface area contributed by atoms with E-state index in [0.717, 1.165) is 18.4 Å². The Kier molecular flexibility index (Phi) is 6.20. The maximum absolute atomic E-state index is 12.9. The van der Waals surface area contributed by atoms with E-state index in [1.165, 1.54) is 24.3 Å². The lowest BCUT2D eigenvalue weighted by Crippen LogP contribution is -2.32. The third-order valence-corrected chi connectivity index (χ3v) is 4.88. The van der Waals surface area contributed by atoms with Gasteiger partial charge in [-0.3, -0.25) is 4.79 Å². The van der Waals surface area contributed by atoms with Crippen molar-refractivity contribution in [2.75, 3.05) is 20.8 Å². The quantitative estimate of drug-likeness (QED) is 0.705. The fraction of sp³-hybridized carbons (Fsp3) is 0.381. The molecule has 0 N–H and O–H groups in total. The van der Waals surface area contributed by atoms with E-state index in [2.05, 4.69) is 4.74 Å². The molecule has 0 bridgehead atoms. The Balaban J connectivity index is 1.74. The molecule has 1 aliphatic heterocycles. The molecular formula is C21H22F3NO4. The van der Waals surface area contributed by atoms with Crippen LogP contribution in [0.5, 0.6) is 17.2 Å². The molecule has 0 aromatic heterocycles. The molecule has 1 fully saturated rings. The van der Waals surface area contributed by atoms with Crippen molar-refractivity contribution in [1.82, 2.24) is 4.90 Å². The Morgan fingerprint density at radius 3 is 2.38 bits per heavy atom. The molecule has 1 atom stereocenters. The van der Waals surface area contributed by atoms with Crippen molar-refractivity contribution in [3.05, 3.63) is 53.6 Å². The number of likely N-dealkylation sites (tertiary alicyclic amines) is 1.